The van der Waals surface area contributed by atoms with Crippen LogP contribution in [0.1, 0.15) is 15.5 Å². The fourth-order valence-corrected chi connectivity index (χ4v) is 1.81. The average molecular weight is 272 g/mol. The summed E-state index contributed by atoms with van der Waals surface area (Å²) in [7, 11) is 3.84. The van der Waals surface area contributed by atoms with E-state index in [1.165, 1.54) is 16.7 Å². The van der Waals surface area contributed by atoms with E-state index in [2.05, 4.69) is 15.6 Å². The molecule has 0 fully saturated rings. The molecule has 7 nitrogen and oxygen atoms in total. The first kappa shape index (κ1) is 14.4. The Balaban J connectivity index is 2.27. The number of thiazole rings is 1. The summed E-state index contributed by atoms with van der Waals surface area (Å²) >= 11 is 1.21. The van der Waals surface area contributed by atoms with Gasteiger partial charge in [0.15, 0.2) is 5.69 Å². The van der Waals surface area contributed by atoms with Crippen LogP contribution in [-0.2, 0) is 6.54 Å². The molecule has 1 rings (SSSR count). The largest absolute Gasteiger partial charge is 0.476 e. The summed E-state index contributed by atoms with van der Waals surface area (Å²) in [5.41, 5.74) is 0.00446. The summed E-state index contributed by atoms with van der Waals surface area (Å²) in [5.74, 6) is -1.06. The van der Waals surface area contributed by atoms with Gasteiger partial charge in [-0.25, -0.2) is 14.6 Å². The van der Waals surface area contributed by atoms with Gasteiger partial charge in [-0.05, 0) is 14.1 Å². The number of nitrogens with one attached hydrogen (secondary N) is 2. The second-order valence-electron chi connectivity index (χ2n) is 3.84. The number of hydrogen-bond acceptors (Lipinski definition) is 5. The van der Waals surface area contributed by atoms with E-state index >= 15 is 0 Å². The fraction of sp³-hybridized carbons (Fsp3) is 0.500. The van der Waals surface area contributed by atoms with Gasteiger partial charge in [-0.2, -0.15) is 0 Å². The van der Waals surface area contributed by atoms with Gasteiger partial charge in [-0.15, -0.1) is 11.3 Å². The van der Waals surface area contributed by atoms with Crippen molar-refractivity contribution in [2.24, 2.45) is 0 Å². The third kappa shape index (κ3) is 5.11. The van der Waals surface area contributed by atoms with Crippen LogP contribution in [0.15, 0.2) is 5.38 Å². The van der Waals surface area contributed by atoms with Crippen LogP contribution in [0.3, 0.4) is 0 Å². The number of carbonyl (C=O) groups excluding carboxylic acids is 1. The van der Waals surface area contributed by atoms with Gasteiger partial charge in [0.25, 0.3) is 0 Å². The lowest BCUT2D eigenvalue weighted by molar-refractivity contribution is 0.0691. The molecule has 8 heteroatoms. The van der Waals surface area contributed by atoms with Crippen molar-refractivity contribution in [2.75, 3.05) is 27.2 Å². The van der Waals surface area contributed by atoms with Crippen LogP contribution in [0, 0.1) is 0 Å². The Kier molecular flexibility index (Phi) is 5.53. The number of likely N-dealkylation sites (N-methyl/N-ethyl adjacent to an activating group) is 1. The zero-order valence-corrected chi connectivity index (χ0v) is 11.1. The molecule has 18 heavy (non-hydrogen) atoms. The van der Waals surface area contributed by atoms with Crippen LogP contribution in [0.25, 0.3) is 0 Å². The first-order chi connectivity index (χ1) is 8.49. The average Bonchev–Trinajstić information content (AvgIpc) is 2.74. The molecule has 1 aromatic rings. The zero-order valence-electron chi connectivity index (χ0n) is 10.3. The van der Waals surface area contributed by atoms with Gasteiger partial charge >= 0.3 is 12.0 Å². The summed E-state index contributed by atoms with van der Waals surface area (Å²) in [4.78, 5) is 27.8. The van der Waals surface area contributed by atoms with Gasteiger partial charge in [0.2, 0.25) is 0 Å². The summed E-state index contributed by atoms with van der Waals surface area (Å²) < 4.78 is 0. The van der Waals surface area contributed by atoms with Crippen LogP contribution in [0.2, 0.25) is 0 Å². The lowest BCUT2D eigenvalue weighted by atomic mass is 10.5. The third-order valence-electron chi connectivity index (χ3n) is 2.02. The second-order valence-corrected chi connectivity index (χ2v) is 4.79. The van der Waals surface area contributed by atoms with Gasteiger partial charge in [0.05, 0.1) is 6.54 Å². The van der Waals surface area contributed by atoms with Gasteiger partial charge in [-0.3, -0.25) is 0 Å². The van der Waals surface area contributed by atoms with E-state index in [1.54, 1.807) is 0 Å². The highest BCUT2D eigenvalue weighted by molar-refractivity contribution is 7.09. The first-order valence-electron chi connectivity index (χ1n) is 5.33. The molecule has 0 saturated heterocycles. The molecule has 0 aromatic carbocycles. The van der Waals surface area contributed by atoms with E-state index in [0.29, 0.717) is 11.6 Å². The maximum Gasteiger partial charge on any atom is 0.355 e. The van der Waals surface area contributed by atoms with Crippen molar-refractivity contribution in [1.29, 1.82) is 0 Å². The van der Waals surface area contributed by atoms with Gasteiger partial charge in [0, 0.05) is 18.5 Å². The standard InChI is InChI=1S/C10H16N4O3S/c1-14(2)4-3-11-10(17)12-5-8-13-7(6-18-8)9(15)16/h6H,3-5H2,1-2H3,(H,15,16)(H2,11,12,17). The molecular formula is C10H16N4O3S. The molecule has 0 atom stereocenters. The Bertz CT molecular complexity index is 419. The Morgan fingerprint density at radius 3 is 2.72 bits per heavy atom. The first-order valence-corrected chi connectivity index (χ1v) is 6.21. The maximum absolute atomic E-state index is 11.4. The topological polar surface area (TPSA) is 94.6 Å². The molecule has 0 radical (unpaired) electrons. The molecule has 2 amide bonds. The maximum atomic E-state index is 11.4. The Hall–Kier alpha value is -1.67. The van der Waals surface area contributed by atoms with Crippen molar-refractivity contribution < 1.29 is 14.7 Å². The zero-order chi connectivity index (χ0) is 13.5. The summed E-state index contributed by atoms with van der Waals surface area (Å²) in [6.07, 6.45) is 0. The number of carbonyl (C=O) groups is 2. The summed E-state index contributed by atoms with van der Waals surface area (Å²) in [6.45, 7) is 1.54. The van der Waals surface area contributed by atoms with E-state index in [-0.39, 0.29) is 18.3 Å². The second kappa shape index (κ2) is 6.92. The lowest BCUT2D eigenvalue weighted by Crippen LogP contribution is -2.38. The number of carboxylic acids is 1. The monoisotopic (exact) mass is 272 g/mol. The van der Waals surface area contributed by atoms with Gasteiger partial charge in [0.1, 0.15) is 5.01 Å². The summed E-state index contributed by atoms with van der Waals surface area (Å²) in [6, 6.07) is -0.288. The van der Waals surface area contributed by atoms with E-state index < -0.39 is 5.97 Å². The number of amides is 2. The van der Waals surface area contributed by atoms with Crippen molar-refractivity contribution in [2.45, 2.75) is 6.54 Å². The fourth-order valence-electron chi connectivity index (χ4n) is 1.10. The van der Waals surface area contributed by atoms with Crippen molar-refractivity contribution >= 4 is 23.3 Å². The number of aromatic carboxylic acids is 1. The molecule has 1 heterocycles. The van der Waals surface area contributed by atoms with Crippen LogP contribution in [-0.4, -0.2) is 54.2 Å². The predicted octanol–water partition coefficient (Wildman–Crippen LogP) is 0.202. The number of carboxylic acid groups (broad SMARTS) is 1. The molecule has 0 spiro atoms. The lowest BCUT2D eigenvalue weighted by Gasteiger charge is -2.10. The number of rotatable bonds is 6. The SMILES string of the molecule is CN(C)CCNC(=O)NCc1nc(C(=O)O)cs1. The van der Waals surface area contributed by atoms with Crippen molar-refractivity contribution in [1.82, 2.24) is 20.5 Å². The summed E-state index contributed by atoms with van der Waals surface area (Å²) in [5, 5.41) is 16.0. The normalized spacial score (nSPS) is 10.4. The molecule has 0 saturated carbocycles. The molecular weight excluding hydrogens is 256 g/mol. The Morgan fingerprint density at radius 2 is 2.17 bits per heavy atom. The molecule has 0 aliphatic carbocycles. The van der Waals surface area contributed by atoms with Crippen LogP contribution in [0.5, 0.6) is 0 Å². The minimum atomic E-state index is -1.06. The number of nitrogens with zero attached hydrogens (tertiary/aromatic N) is 2. The molecule has 3 N–H and O–H groups in total. The van der Waals surface area contributed by atoms with Crippen molar-refractivity contribution in [3.63, 3.8) is 0 Å². The van der Waals surface area contributed by atoms with Crippen LogP contribution >= 0.6 is 11.3 Å². The molecule has 0 bridgehead atoms. The van der Waals surface area contributed by atoms with E-state index in [4.69, 9.17) is 5.11 Å². The number of aromatic nitrogens is 1. The Labute approximate surface area is 109 Å². The minimum absolute atomic E-state index is 0.00446. The van der Waals surface area contributed by atoms with Crippen LogP contribution in [0.4, 0.5) is 4.79 Å². The van der Waals surface area contributed by atoms with E-state index in [1.807, 2.05) is 19.0 Å². The third-order valence-corrected chi connectivity index (χ3v) is 2.86. The molecule has 0 aliphatic heterocycles. The van der Waals surface area contributed by atoms with Crippen molar-refractivity contribution in [3.05, 3.63) is 16.1 Å². The smallest absolute Gasteiger partial charge is 0.355 e. The van der Waals surface area contributed by atoms with Crippen LogP contribution < -0.4 is 10.6 Å². The van der Waals surface area contributed by atoms with Gasteiger partial charge in [-0.1, -0.05) is 0 Å². The highest BCUT2D eigenvalue weighted by atomic mass is 32.1. The Morgan fingerprint density at radius 1 is 1.44 bits per heavy atom. The highest BCUT2D eigenvalue weighted by Gasteiger charge is 2.09. The number of hydrogen-bond donors (Lipinski definition) is 3. The van der Waals surface area contributed by atoms with E-state index in [9.17, 15) is 9.59 Å². The van der Waals surface area contributed by atoms with E-state index in [0.717, 1.165) is 6.54 Å². The highest BCUT2D eigenvalue weighted by Crippen LogP contribution is 2.08. The molecule has 0 unspecified atom stereocenters. The molecule has 100 valence electrons. The minimum Gasteiger partial charge on any atom is -0.476 e. The number of urea groups is 1. The molecule has 1 aromatic heterocycles. The molecule has 0 aliphatic rings. The van der Waals surface area contributed by atoms with Crippen molar-refractivity contribution in [3.8, 4) is 0 Å². The predicted molar refractivity (Wildman–Crippen MR) is 67.9 cm³/mol. The van der Waals surface area contributed by atoms with Gasteiger partial charge < -0.3 is 20.6 Å². The quantitative estimate of drug-likeness (QED) is 0.688.